The van der Waals surface area contributed by atoms with E-state index in [9.17, 15) is 14.7 Å². The van der Waals surface area contributed by atoms with Crippen LogP contribution in [0.25, 0.3) is 0 Å². The number of rotatable bonds is 6. The largest absolute Gasteiger partial charge is 0.491 e. The highest BCUT2D eigenvalue weighted by molar-refractivity contribution is 6.34. The first-order valence-corrected chi connectivity index (χ1v) is 11.1. The van der Waals surface area contributed by atoms with Crippen LogP contribution in [0.1, 0.15) is 41.6 Å². The van der Waals surface area contributed by atoms with Crippen molar-refractivity contribution in [1.29, 1.82) is 0 Å². The van der Waals surface area contributed by atoms with Gasteiger partial charge in [0.15, 0.2) is 0 Å². The predicted molar refractivity (Wildman–Crippen MR) is 125 cm³/mol. The third-order valence-corrected chi connectivity index (χ3v) is 5.50. The Bertz CT molecular complexity index is 1220. The lowest BCUT2D eigenvalue weighted by atomic mass is 10.1. The van der Waals surface area contributed by atoms with Gasteiger partial charge >= 0.3 is 0 Å². The fourth-order valence-electron chi connectivity index (χ4n) is 3.58. The number of aromatic nitrogens is 2. The van der Waals surface area contributed by atoms with Gasteiger partial charge in [0.1, 0.15) is 18.9 Å². The molecule has 9 nitrogen and oxygen atoms in total. The van der Waals surface area contributed by atoms with Crippen molar-refractivity contribution < 1.29 is 23.8 Å². The minimum absolute atomic E-state index is 0.0695. The second-order valence-electron chi connectivity index (χ2n) is 8.73. The maximum Gasteiger partial charge on any atom is 0.260 e. The van der Waals surface area contributed by atoms with Crippen molar-refractivity contribution in [3.05, 3.63) is 70.4 Å². The fourth-order valence-corrected chi connectivity index (χ4v) is 3.83. The zero-order chi connectivity index (χ0) is 24.5. The molecule has 0 aliphatic carbocycles. The third kappa shape index (κ3) is 5.37. The number of hydrogen-bond acceptors (Lipinski definition) is 7. The molecule has 0 spiro atoms. The van der Waals surface area contributed by atoms with Crippen molar-refractivity contribution in [2.24, 2.45) is 0 Å². The molecule has 0 radical (unpaired) electrons. The Morgan fingerprint density at radius 2 is 1.97 bits per heavy atom. The van der Waals surface area contributed by atoms with Crippen LogP contribution in [-0.2, 0) is 17.9 Å². The second-order valence-corrected chi connectivity index (χ2v) is 9.13. The topological polar surface area (TPSA) is 109 Å². The average Bonchev–Trinajstić information content (AvgIpc) is 3.13. The highest BCUT2D eigenvalue weighted by atomic mass is 35.5. The van der Waals surface area contributed by atoms with Gasteiger partial charge in [0.2, 0.25) is 17.7 Å². The molecule has 2 amide bonds. The summed E-state index contributed by atoms with van der Waals surface area (Å²) in [7, 11) is 0. The molecule has 178 valence electrons. The second kappa shape index (κ2) is 9.44. The summed E-state index contributed by atoms with van der Waals surface area (Å²) in [5.41, 5.74) is 0.659. The molecule has 1 aliphatic heterocycles. The average molecular weight is 485 g/mol. The van der Waals surface area contributed by atoms with E-state index in [1.165, 1.54) is 11.0 Å². The molecular weight excluding hydrogens is 460 g/mol. The number of carbonyl (C=O) groups is 2. The van der Waals surface area contributed by atoms with Crippen LogP contribution < -0.4 is 9.64 Å². The number of carbonyl (C=O) groups excluding carboxylic acids is 2. The molecule has 10 heteroatoms. The summed E-state index contributed by atoms with van der Waals surface area (Å²) in [4.78, 5) is 29.7. The molecular formula is C24H25ClN4O5. The van der Waals surface area contributed by atoms with E-state index in [1.54, 1.807) is 43.9 Å². The molecule has 1 N–H and O–H groups in total. The minimum atomic E-state index is -1.01. The number of hydrogen-bond donors (Lipinski definition) is 1. The number of fused-ring (bicyclic) bond motifs is 1. The first-order chi connectivity index (χ1) is 16.1. The zero-order valence-corrected chi connectivity index (χ0v) is 19.9. The number of ether oxygens (including phenoxy) is 1. The molecule has 0 saturated heterocycles. The molecule has 4 rings (SSSR count). The molecule has 0 atom stereocenters. The van der Waals surface area contributed by atoms with Gasteiger partial charge in [-0.15, -0.1) is 10.2 Å². The fraction of sp³-hybridized carbons (Fsp3) is 0.333. The van der Waals surface area contributed by atoms with E-state index in [0.717, 1.165) is 5.56 Å². The van der Waals surface area contributed by atoms with Crippen LogP contribution >= 0.6 is 11.6 Å². The maximum absolute atomic E-state index is 13.5. The summed E-state index contributed by atoms with van der Waals surface area (Å²) in [5, 5.41) is 17.8. The van der Waals surface area contributed by atoms with Crippen LogP contribution in [0.3, 0.4) is 0 Å². The Balaban J connectivity index is 1.60. The smallest absolute Gasteiger partial charge is 0.260 e. The Kier molecular flexibility index (Phi) is 6.58. The molecule has 0 unspecified atom stereocenters. The molecule has 34 heavy (non-hydrogen) atoms. The van der Waals surface area contributed by atoms with Gasteiger partial charge in [-0.3, -0.25) is 14.5 Å². The number of aliphatic hydroxyl groups is 1. The van der Waals surface area contributed by atoms with Gasteiger partial charge in [0, 0.05) is 19.2 Å². The molecule has 0 fully saturated rings. The maximum atomic E-state index is 13.5. The van der Waals surface area contributed by atoms with Crippen molar-refractivity contribution in [3.8, 4) is 5.75 Å². The van der Waals surface area contributed by atoms with Crippen LogP contribution in [0, 0.1) is 6.92 Å². The number of anilines is 1. The molecule has 2 heterocycles. The van der Waals surface area contributed by atoms with Gasteiger partial charge < -0.3 is 19.2 Å². The van der Waals surface area contributed by atoms with E-state index in [-0.39, 0.29) is 42.7 Å². The lowest BCUT2D eigenvalue weighted by molar-refractivity contribution is -0.131. The summed E-state index contributed by atoms with van der Waals surface area (Å²) in [6, 6.07) is 12.0. The highest BCUT2D eigenvalue weighted by Gasteiger charge is 2.31. The van der Waals surface area contributed by atoms with Gasteiger partial charge in [-0.1, -0.05) is 29.8 Å². The summed E-state index contributed by atoms with van der Waals surface area (Å²) < 4.78 is 11.0. The van der Waals surface area contributed by atoms with Crippen molar-refractivity contribution >= 4 is 29.1 Å². The van der Waals surface area contributed by atoms with Crippen molar-refractivity contribution in [2.45, 2.75) is 39.5 Å². The van der Waals surface area contributed by atoms with Gasteiger partial charge in [-0.2, -0.15) is 0 Å². The Morgan fingerprint density at radius 1 is 1.21 bits per heavy atom. The molecule has 2 aromatic carbocycles. The highest BCUT2D eigenvalue weighted by Crippen LogP contribution is 2.30. The van der Waals surface area contributed by atoms with Crippen LogP contribution in [-0.4, -0.2) is 50.8 Å². The van der Waals surface area contributed by atoms with E-state index in [4.69, 9.17) is 20.8 Å². The quantitative estimate of drug-likeness (QED) is 0.571. The predicted octanol–water partition coefficient (Wildman–Crippen LogP) is 3.37. The Morgan fingerprint density at radius 3 is 2.65 bits per heavy atom. The van der Waals surface area contributed by atoms with Crippen molar-refractivity contribution in [2.75, 3.05) is 18.1 Å². The number of nitrogens with zero attached hydrogens (tertiary/aromatic N) is 4. The van der Waals surface area contributed by atoms with Gasteiger partial charge in [0.05, 0.1) is 22.7 Å². The minimum Gasteiger partial charge on any atom is -0.491 e. The lowest BCUT2D eigenvalue weighted by Crippen LogP contribution is -2.40. The standard InChI is InChI=1S/C24H25ClN4O5/c1-15-26-27-21(34-15)12-28-11-16-6-4-5-7-20(16)29(13-22(28)30)23(31)18-9-8-17(10-19(18)25)33-14-24(2,3)32/h4-10,32H,11-14H2,1-3H3. The van der Waals surface area contributed by atoms with E-state index in [0.29, 0.717) is 23.2 Å². The number of amides is 2. The third-order valence-electron chi connectivity index (χ3n) is 5.19. The summed E-state index contributed by atoms with van der Waals surface area (Å²) in [6.45, 7) is 5.27. The number of halogens is 1. The number of aryl methyl sites for hydroxylation is 1. The molecule has 0 bridgehead atoms. The first-order valence-electron chi connectivity index (χ1n) is 10.7. The van der Waals surface area contributed by atoms with Crippen LogP contribution in [0.2, 0.25) is 5.02 Å². The molecule has 1 aromatic heterocycles. The van der Waals surface area contributed by atoms with Gasteiger partial charge in [0.25, 0.3) is 5.91 Å². The van der Waals surface area contributed by atoms with Crippen molar-refractivity contribution in [1.82, 2.24) is 15.1 Å². The van der Waals surface area contributed by atoms with Crippen molar-refractivity contribution in [3.63, 3.8) is 0 Å². The van der Waals surface area contributed by atoms with E-state index < -0.39 is 11.5 Å². The molecule has 1 aliphatic rings. The van der Waals surface area contributed by atoms with Crippen LogP contribution in [0.5, 0.6) is 5.75 Å². The molecule has 3 aromatic rings. The van der Waals surface area contributed by atoms with Crippen LogP contribution in [0.4, 0.5) is 5.69 Å². The first kappa shape index (κ1) is 23.7. The zero-order valence-electron chi connectivity index (χ0n) is 19.1. The summed E-state index contributed by atoms with van der Waals surface area (Å²) >= 11 is 6.42. The number of benzene rings is 2. The van der Waals surface area contributed by atoms with E-state index >= 15 is 0 Å². The van der Waals surface area contributed by atoms with E-state index in [1.807, 2.05) is 18.2 Å². The van der Waals surface area contributed by atoms with Gasteiger partial charge in [-0.05, 0) is 43.7 Å². The monoisotopic (exact) mass is 484 g/mol. The van der Waals surface area contributed by atoms with Gasteiger partial charge in [-0.25, -0.2) is 0 Å². The number of para-hydroxylation sites is 1. The summed E-state index contributed by atoms with van der Waals surface area (Å²) in [5.74, 6) is 0.501. The lowest BCUT2D eigenvalue weighted by Gasteiger charge is -2.23. The Hall–Kier alpha value is -3.43. The SMILES string of the molecule is Cc1nnc(CN2Cc3ccccc3N(C(=O)c3ccc(OCC(C)(C)O)cc3Cl)CC2=O)o1. The van der Waals surface area contributed by atoms with E-state index in [2.05, 4.69) is 10.2 Å². The summed E-state index contributed by atoms with van der Waals surface area (Å²) in [6.07, 6.45) is 0. The normalized spacial score (nSPS) is 14.1. The van der Waals surface area contributed by atoms with Crippen LogP contribution in [0.15, 0.2) is 46.9 Å². The Labute approximate surface area is 201 Å². The molecule has 0 saturated carbocycles.